The molecule has 0 fully saturated rings. The molecule has 4 nitrogen and oxygen atoms in total. The number of esters is 1. The van der Waals surface area contributed by atoms with Crippen molar-refractivity contribution in [3.05, 3.63) is 35.7 Å². The van der Waals surface area contributed by atoms with Gasteiger partial charge < -0.3 is 4.74 Å². The summed E-state index contributed by atoms with van der Waals surface area (Å²) in [7, 11) is 0. The highest BCUT2D eigenvalue weighted by molar-refractivity contribution is 5.79. The summed E-state index contributed by atoms with van der Waals surface area (Å²) >= 11 is 0. The van der Waals surface area contributed by atoms with Crippen molar-refractivity contribution < 1.29 is 18.3 Å². The molecule has 0 atom stereocenters. The Labute approximate surface area is 120 Å². The van der Waals surface area contributed by atoms with Crippen LogP contribution in [0, 0.1) is 5.92 Å². The Morgan fingerprint density at radius 3 is 2.24 bits per heavy atom. The number of benzene rings is 1. The van der Waals surface area contributed by atoms with Gasteiger partial charge >= 0.3 is 11.9 Å². The van der Waals surface area contributed by atoms with Crippen LogP contribution in [0.1, 0.15) is 18.1 Å². The number of carbonyl (C=O) groups is 1. The minimum absolute atomic E-state index is 0.0498. The van der Waals surface area contributed by atoms with E-state index in [2.05, 4.69) is 14.7 Å². The molecule has 0 radical (unpaired) electrons. The van der Waals surface area contributed by atoms with E-state index in [0.717, 1.165) is 11.1 Å². The minimum atomic E-state index is -3.47. The van der Waals surface area contributed by atoms with Crippen molar-refractivity contribution in [1.29, 1.82) is 0 Å². The fourth-order valence-corrected chi connectivity index (χ4v) is 2.73. The molecule has 6 heteroatoms. The second-order valence-corrected chi connectivity index (χ2v) is 5.11. The highest BCUT2D eigenvalue weighted by Crippen LogP contribution is 2.39. The molecule has 0 saturated heterocycles. The third kappa shape index (κ3) is 2.34. The van der Waals surface area contributed by atoms with Crippen LogP contribution in [0.2, 0.25) is 0 Å². The average molecular weight is 292 g/mol. The lowest BCUT2D eigenvalue weighted by Gasteiger charge is -2.20. The van der Waals surface area contributed by atoms with Crippen LogP contribution in [0.25, 0.3) is 11.0 Å². The summed E-state index contributed by atoms with van der Waals surface area (Å²) in [6, 6.07) is 3.55. The van der Waals surface area contributed by atoms with E-state index in [1.165, 1.54) is 6.92 Å². The molecule has 1 aromatic heterocycles. The maximum Gasteiger partial charge on any atom is 0.377 e. The average Bonchev–Trinajstić information content (AvgIpc) is 2.88. The zero-order valence-corrected chi connectivity index (χ0v) is 11.5. The quantitative estimate of drug-likeness (QED) is 0.816. The van der Waals surface area contributed by atoms with Gasteiger partial charge in [-0.3, -0.25) is 9.97 Å². The molecule has 1 aliphatic carbocycles. The highest BCUT2D eigenvalue weighted by Gasteiger charge is 2.50. The first-order valence-electron chi connectivity index (χ1n) is 6.80. The molecule has 0 amide bonds. The summed E-state index contributed by atoms with van der Waals surface area (Å²) in [6.45, 7) is 1.47. The number of hydrogen-bond donors (Lipinski definition) is 0. The first-order chi connectivity index (χ1) is 10.0. The van der Waals surface area contributed by atoms with E-state index in [9.17, 15) is 13.6 Å². The van der Waals surface area contributed by atoms with Gasteiger partial charge in [-0.15, -0.1) is 0 Å². The monoisotopic (exact) mass is 292 g/mol. The summed E-state index contributed by atoms with van der Waals surface area (Å²) in [6.07, 6.45) is 3.42. The largest absolute Gasteiger partial charge is 0.462 e. The number of halogens is 2. The van der Waals surface area contributed by atoms with Gasteiger partial charge in [-0.1, -0.05) is 0 Å². The normalized spacial score (nSPS) is 15.2. The third-order valence-corrected chi connectivity index (χ3v) is 3.78. The van der Waals surface area contributed by atoms with Crippen molar-refractivity contribution in [3.63, 3.8) is 0 Å². The van der Waals surface area contributed by atoms with Crippen LogP contribution in [-0.4, -0.2) is 28.5 Å². The molecule has 0 saturated carbocycles. The topological polar surface area (TPSA) is 52.1 Å². The smallest absolute Gasteiger partial charge is 0.377 e. The molecule has 21 heavy (non-hydrogen) atoms. The van der Waals surface area contributed by atoms with Gasteiger partial charge in [-0.25, -0.2) is 4.79 Å². The summed E-state index contributed by atoms with van der Waals surface area (Å²) in [4.78, 5) is 19.8. The van der Waals surface area contributed by atoms with Gasteiger partial charge in [-0.05, 0) is 43.0 Å². The molecular weight excluding hydrogens is 278 g/mol. The molecular formula is C15H14F2N2O2. The molecule has 0 spiro atoms. The molecule has 1 heterocycles. The predicted octanol–water partition coefficient (Wildman–Crippen LogP) is 2.54. The van der Waals surface area contributed by atoms with Crippen molar-refractivity contribution in [1.82, 2.24) is 9.97 Å². The first kappa shape index (κ1) is 13.9. The van der Waals surface area contributed by atoms with Crippen LogP contribution in [0.3, 0.4) is 0 Å². The van der Waals surface area contributed by atoms with Crippen LogP contribution in [0.5, 0.6) is 0 Å². The van der Waals surface area contributed by atoms with Gasteiger partial charge in [0.2, 0.25) is 0 Å². The Kier molecular flexibility index (Phi) is 3.31. The third-order valence-electron chi connectivity index (χ3n) is 3.78. The first-order valence-corrected chi connectivity index (χ1v) is 6.80. The fraction of sp³-hybridized carbons (Fsp3) is 0.400. The summed E-state index contributed by atoms with van der Waals surface area (Å²) in [5.41, 5.74) is 2.96. The number of rotatable bonds is 3. The Morgan fingerprint density at radius 2 is 1.76 bits per heavy atom. The highest BCUT2D eigenvalue weighted by atomic mass is 19.3. The molecule has 1 aromatic carbocycles. The number of nitrogens with zero attached hydrogens (tertiary/aromatic N) is 2. The number of ether oxygens (including phenoxy) is 1. The summed E-state index contributed by atoms with van der Waals surface area (Å²) in [5.74, 6) is -5.98. The Morgan fingerprint density at radius 1 is 1.24 bits per heavy atom. The molecule has 0 unspecified atom stereocenters. The van der Waals surface area contributed by atoms with Crippen LogP contribution in [0.15, 0.2) is 24.5 Å². The van der Waals surface area contributed by atoms with Crippen molar-refractivity contribution in [2.75, 3.05) is 6.61 Å². The van der Waals surface area contributed by atoms with E-state index in [-0.39, 0.29) is 19.4 Å². The van der Waals surface area contributed by atoms with E-state index >= 15 is 0 Å². The Bertz CT molecular complexity index is 659. The summed E-state index contributed by atoms with van der Waals surface area (Å²) in [5, 5.41) is 0. The Balaban J connectivity index is 1.90. The van der Waals surface area contributed by atoms with Gasteiger partial charge in [0.05, 0.1) is 17.6 Å². The number of carbonyl (C=O) groups excluding carboxylic acids is 1. The number of aromatic nitrogens is 2. The Hall–Kier alpha value is -2.11. The lowest BCUT2D eigenvalue weighted by atomic mass is 9.98. The number of fused-ring (bicyclic) bond motifs is 2. The summed E-state index contributed by atoms with van der Waals surface area (Å²) < 4.78 is 32.7. The second kappa shape index (κ2) is 5.02. The van der Waals surface area contributed by atoms with E-state index in [1.807, 2.05) is 0 Å². The van der Waals surface area contributed by atoms with Crippen LogP contribution >= 0.6 is 0 Å². The van der Waals surface area contributed by atoms with Gasteiger partial charge in [-0.2, -0.15) is 8.78 Å². The zero-order valence-electron chi connectivity index (χ0n) is 11.5. The van der Waals surface area contributed by atoms with E-state index < -0.39 is 17.8 Å². The van der Waals surface area contributed by atoms with E-state index in [4.69, 9.17) is 0 Å². The van der Waals surface area contributed by atoms with Crippen molar-refractivity contribution in [2.24, 2.45) is 5.92 Å². The van der Waals surface area contributed by atoms with E-state index in [1.54, 1.807) is 24.5 Å². The van der Waals surface area contributed by atoms with Crippen molar-refractivity contribution in [2.45, 2.75) is 25.7 Å². The van der Waals surface area contributed by atoms with Gasteiger partial charge in [0, 0.05) is 18.3 Å². The molecule has 0 N–H and O–H groups in total. The van der Waals surface area contributed by atoms with Crippen LogP contribution in [-0.2, 0) is 22.4 Å². The van der Waals surface area contributed by atoms with Gasteiger partial charge in [0.25, 0.3) is 0 Å². The molecule has 2 aromatic rings. The molecule has 110 valence electrons. The molecule has 0 bridgehead atoms. The number of hydrogen-bond acceptors (Lipinski definition) is 4. The van der Waals surface area contributed by atoms with Crippen LogP contribution < -0.4 is 0 Å². The lowest BCUT2D eigenvalue weighted by Crippen LogP contribution is -2.39. The molecule has 3 rings (SSSR count). The molecule has 0 aliphatic heterocycles. The van der Waals surface area contributed by atoms with Gasteiger partial charge in [0.15, 0.2) is 0 Å². The lowest BCUT2D eigenvalue weighted by molar-refractivity contribution is -0.179. The number of alkyl halides is 2. The van der Waals surface area contributed by atoms with Crippen molar-refractivity contribution >= 4 is 17.0 Å². The van der Waals surface area contributed by atoms with Crippen molar-refractivity contribution in [3.8, 4) is 0 Å². The van der Waals surface area contributed by atoms with Gasteiger partial charge in [0.1, 0.15) is 0 Å². The fourth-order valence-electron chi connectivity index (χ4n) is 2.73. The van der Waals surface area contributed by atoms with E-state index in [0.29, 0.717) is 11.0 Å². The minimum Gasteiger partial charge on any atom is -0.462 e. The predicted molar refractivity (Wildman–Crippen MR) is 72.0 cm³/mol. The second-order valence-electron chi connectivity index (χ2n) is 5.11. The maximum atomic E-state index is 14.1. The SMILES string of the molecule is CCOC(=O)C(F)(F)C1Cc2cc3nccnc3cc2C1. The standard InChI is InChI=1S/C15H14F2N2O2/c1-2-21-14(20)15(16,17)11-5-9-7-12-13(8-10(9)6-11)19-4-3-18-12/h3-4,7-8,11H,2,5-6H2,1H3. The maximum absolute atomic E-state index is 14.1. The molecule has 1 aliphatic rings. The van der Waals surface area contributed by atoms with Crippen LogP contribution in [0.4, 0.5) is 8.78 Å². The zero-order chi connectivity index (χ0) is 15.0.